The Bertz CT molecular complexity index is 419. The van der Waals surface area contributed by atoms with Crippen LogP contribution in [0.5, 0.6) is 5.75 Å². The molecule has 0 spiro atoms. The molecule has 0 saturated carbocycles. The Morgan fingerprint density at radius 2 is 2.33 bits per heavy atom. The zero-order chi connectivity index (χ0) is 13.0. The van der Waals surface area contributed by atoms with Crippen LogP contribution in [0.4, 0.5) is 0 Å². The fourth-order valence-electron chi connectivity index (χ4n) is 2.27. The molecule has 0 bridgehead atoms. The van der Waals surface area contributed by atoms with Crippen LogP contribution in [0.25, 0.3) is 0 Å². The van der Waals surface area contributed by atoms with Crippen molar-refractivity contribution in [3.8, 4) is 5.75 Å². The van der Waals surface area contributed by atoms with Gasteiger partial charge in [0.05, 0.1) is 26.2 Å². The fraction of sp³-hybridized carbons (Fsp3) is 0.500. The predicted octanol–water partition coefficient (Wildman–Crippen LogP) is 1.04. The van der Waals surface area contributed by atoms with E-state index in [0.29, 0.717) is 19.6 Å². The minimum atomic E-state index is -0.0406. The summed E-state index contributed by atoms with van der Waals surface area (Å²) >= 11 is 0. The molecular formula is C14H19NO3. The normalized spacial score (nSPS) is 23.0. The molecule has 1 aliphatic heterocycles. The van der Waals surface area contributed by atoms with Gasteiger partial charge in [0.2, 0.25) is 0 Å². The zero-order valence-electron chi connectivity index (χ0n) is 10.8. The Labute approximate surface area is 107 Å². The van der Waals surface area contributed by atoms with Crippen LogP contribution >= 0.6 is 0 Å². The van der Waals surface area contributed by atoms with Gasteiger partial charge in [-0.1, -0.05) is 12.1 Å². The molecule has 0 radical (unpaired) electrons. The number of rotatable bonds is 5. The third-order valence-electron chi connectivity index (χ3n) is 3.38. The van der Waals surface area contributed by atoms with E-state index in [9.17, 15) is 4.79 Å². The molecule has 4 heteroatoms. The molecule has 98 valence electrons. The summed E-state index contributed by atoms with van der Waals surface area (Å²) in [6.45, 7) is 1.14. The highest BCUT2D eigenvalue weighted by molar-refractivity contribution is 5.84. The summed E-state index contributed by atoms with van der Waals surface area (Å²) in [6.07, 6.45) is 0.434. The zero-order valence-corrected chi connectivity index (χ0v) is 10.8. The van der Waals surface area contributed by atoms with Crippen LogP contribution in [-0.2, 0) is 16.0 Å². The second-order valence-corrected chi connectivity index (χ2v) is 4.53. The van der Waals surface area contributed by atoms with Crippen LogP contribution in [-0.4, -0.2) is 39.2 Å². The number of carbonyl (C=O) groups excluding carboxylic acids is 1. The Morgan fingerprint density at radius 3 is 3.06 bits per heavy atom. The summed E-state index contributed by atoms with van der Waals surface area (Å²) in [5, 5.41) is 3.13. The first-order valence-corrected chi connectivity index (χ1v) is 6.15. The Kier molecular flexibility index (Phi) is 4.33. The van der Waals surface area contributed by atoms with E-state index >= 15 is 0 Å². The maximum Gasteiger partial charge on any atom is 0.144 e. The van der Waals surface area contributed by atoms with Crippen molar-refractivity contribution in [2.75, 3.05) is 27.4 Å². The van der Waals surface area contributed by atoms with Gasteiger partial charge in [-0.25, -0.2) is 0 Å². The van der Waals surface area contributed by atoms with Crippen molar-refractivity contribution < 1.29 is 14.3 Å². The van der Waals surface area contributed by atoms with Crippen molar-refractivity contribution in [3.63, 3.8) is 0 Å². The first-order valence-electron chi connectivity index (χ1n) is 6.15. The molecule has 1 aromatic rings. The van der Waals surface area contributed by atoms with Crippen LogP contribution in [0.1, 0.15) is 5.56 Å². The molecule has 1 fully saturated rings. The minimum absolute atomic E-state index is 0.0406. The predicted molar refractivity (Wildman–Crippen MR) is 68.9 cm³/mol. The van der Waals surface area contributed by atoms with Gasteiger partial charge < -0.3 is 14.8 Å². The topological polar surface area (TPSA) is 47.6 Å². The highest BCUT2D eigenvalue weighted by Gasteiger charge is 2.32. The average molecular weight is 249 g/mol. The van der Waals surface area contributed by atoms with E-state index in [1.54, 1.807) is 7.11 Å². The van der Waals surface area contributed by atoms with Crippen molar-refractivity contribution in [2.45, 2.75) is 12.5 Å². The molecule has 1 N–H and O–H groups in total. The standard InChI is InChI=1S/C14H19NO3/c1-15-13-9-18-8-12(13)14(16)7-10-4-3-5-11(6-10)17-2/h3-6,12-13,15H,7-9H2,1-2H3. The van der Waals surface area contributed by atoms with Crippen molar-refractivity contribution >= 4 is 5.78 Å². The quantitative estimate of drug-likeness (QED) is 0.847. The molecule has 2 atom stereocenters. The maximum absolute atomic E-state index is 12.2. The van der Waals surface area contributed by atoms with Gasteiger partial charge in [0, 0.05) is 12.5 Å². The van der Waals surface area contributed by atoms with Crippen LogP contribution < -0.4 is 10.1 Å². The van der Waals surface area contributed by atoms with Crippen molar-refractivity contribution in [2.24, 2.45) is 5.92 Å². The molecule has 1 aliphatic rings. The largest absolute Gasteiger partial charge is 0.497 e. The second kappa shape index (κ2) is 5.98. The van der Waals surface area contributed by atoms with Crippen LogP contribution in [0.2, 0.25) is 0 Å². The van der Waals surface area contributed by atoms with Gasteiger partial charge in [0.1, 0.15) is 11.5 Å². The monoisotopic (exact) mass is 249 g/mol. The van der Waals surface area contributed by atoms with Gasteiger partial charge in [0.15, 0.2) is 0 Å². The number of likely N-dealkylation sites (N-methyl/N-ethyl adjacent to an activating group) is 1. The molecule has 1 heterocycles. The lowest BCUT2D eigenvalue weighted by Crippen LogP contribution is -2.37. The summed E-state index contributed by atoms with van der Waals surface area (Å²) < 4.78 is 10.5. The number of Topliss-reactive ketones (excluding diaryl/α,β-unsaturated/α-hetero) is 1. The molecule has 4 nitrogen and oxygen atoms in total. The fourth-order valence-corrected chi connectivity index (χ4v) is 2.27. The summed E-state index contributed by atoms with van der Waals surface area (Å²) in [4.78, 5) is 12.2. The third kappa shape index (κ3) is 2.89. The van der Waals surface area contributed by atoms with Gasteiger partial charge in [-0.05, 0) is 24.7 Å². The Hall–Kier alpha value is -1.39. The number of benzene rings is 1. The van der Waals surface area contributed by atoms with E-state index in [1.807, 2.05) is 31.3 Å². The molecule has 2 unspecified atom stereocenters. The molecular weight excluding hydrogens is 230 g/mol. The number of ether oxygens (including phenoxy) is 2. The lowest BCUT2D eigenvalue weighted by Gasteiger charge is -2.15. The SMILES string of the molecule is CNC1COCC1C(=O)Cc1cccc(OC)c1. The van der Waals surface area contributed by atoms with Crippen LogP contribution in [0.15, 0.2) is 24.3 Å². The summed E-state index contributed by atoms with van der Waals surface area (Å²) in [5.74, 6) is 0.967. The number of methoxy groups -OCH3 is 1. The van der Waals surface area contributed by atoms with Gasteiger partial charge in [-0.2, -0.15) is 0 Å². The highest BCUT2D eigenvalue weighted by atomic mass is 16.5. The van der Waals surface area contributed by atoms with E-state index in [1.165, 1.54) is 0 Å². The van der Waals surface area contributed by atoms with Gasteiger partial charge in [0.25, 0.3) is 0 Å². The number of hydrogen-bond acceptors (Lipinski definition) is 4. The first kappa shape index (κ1) is 13.1. The van der Waals surface area contributed by atoms with E-state index in [4.69, 9.17) is 9.47 Å². The molecule has 0 amide bonds. The molecule has 18 heavy (non-hydrogen) atoms. The van der Waals surface area contributed by atoms with Crippen molar-refractivity contribution in [3.05, 3.63) is 29.8 Å². The average Bonchev–Trinajstić information content (AvgIpc) is 2.87. The lowest BCUT2D eigenvalue weighted by molar-refractivity contribution is -0.122. The van der Waals surface area contributed by atoms with Crippen LogP contribution in [0, 0.1) is 5.92 Å². The van der Waals surface area contributed by atoms with Gasteiger partial charge >= 0.3 is 0 Å². The molecule has 1 saturated heterocycles. The Balaban J connectivity index is 2.02. The first-order chi connectivity index (χ1) is 8.74. The van der Waals surface area contributed by atoms with Crippen LogP contribution in [0.3, 0.4) is 0 Å². The molecule has 1 aromatic carbocycles. The second-order valence-electron chi connectivity index (χ2n) is 4.53. The van der Waals surface area contributed by atoms with E-state index < -0.39 is 0 Å². The maximum atomic E-state index is 12.2. The Morgan fingerprint density at radius 1 is 1.50 bits per heavy atom. The van der Waals surface area contributed by atoms with E-state index in [-0.39, 0.29) is 17.7 Å². The molecule has 0 aliphatic carbocycles. The van der Waals surface area contributed by atoms with E-state index in [2.05, 4.69) is 5.32 Å². The van der Waals surface area contributed by atoms with Gasteiger partial charge in [-0.3, -0.25) is 4.79 Å². The number of ketones is 1. The highest BCUT2D eigenvalue weighted by Crippen LogP contribution is 2.19. The van der Waals surface area contributed by atoms with E-state index in [0.717, 1.165) is 11.3 Å². The summed E-state index contributed by atoms with van der Waals surface area (Å²) in [6, 6.07) is 7.78. The molecule has 2 rings (SSSR count). The number of carbonyl (C=O) groups is 1. The molecule has 0 aromatic heterocycles. The number of hydrogen-bond donors (Lipinski definition) is 1. The third-order valence-corrected chi connectivity index (χ3v) is 3.38. The van der Waals surface area contributed by atoms with Gasteiger partial charge in [-0.15, -0.1) is 0 Å². The summed E-state index contributed by atoms with van der Waals surface area (Å²) in [7, 11) is 3.49. The summed E-state index contributed by atoms with van der Waals surface area (Å²) in [5.41, 5.74) is 0.987. The van der Waals surface area contributed by atoms with Crippen molar-refractivity contribution in [1.29, 1.82) is 0 Å². The minimum Gasteiger partial charge on any atom is -0.497 e. The van der Waals surface area contributed by atoms with Crippen molar-refractivity contribution in [1.82, 2.24) is 5.32 Å². The smallest absolute Gasteiger partial charge is 0.144 e. The number of nitrogens with one attached hydrogen (secondary N) is 1. The lowest BCUT2D eigenvalue weighted by atomic mass is 9.94.